The Balaban J connectivity index is 1.42. The fourth-order valence-electron chi connectivity index (χ4n) is 7.13. The van der Waals surface area contributed by atoms with Crippen LogP contribution in [0.25, 0.3) is 27.5 Å². The van der Waals surface area contributed by atoms with Crippen LogP contribution in [0, 0.1) is 0 Å². The molecule has 6 aromatic rings. The predicted molar refractivity (Wildman–Crippen MR) is 180 cm³/mol. The number of para-hydroxylation sites is 3. The number of nitrogens with zero attached hydrogens (tertiary/aromatic N) is 2. The minimum atomic E-state index is -0.0883. The SMILES string of the molecule is CCCCC[C@@H](C)c1ccc2c(c1)C(C)(C)c1ccccc1N2c1ccc2c(c1)c1ccccc1n2-c1ccccc1. The second-order valence-corrected chi connectivity index (χ2v) is 12.5. The maximum atomic E-state index is 2.51. The minimum absolute atomic E-state index is 0.0883. The molecule has 0 N–H and O–H groups in total. The van der Waals surface area contributed by atoms with E-state index >= 15 is 0 Å². The molecule has 2 heterocycles. The van der Waals surface area contributed by atoms with Gasteiger partial charge in [-0.15, -0.1) is 0 Å². The van der Waals surface area contributed by atoms with Gasteiger partial charge in [0, 0.05) is 27.6 Å². The standard InChI is InChI=1S/C40H40N2/c1-5-6-8-15-28(2)29-22-24-39-35(26-29)40(3,4)34-19-12-14-21-38(34)42(39)31-23-25-37-33(27-31)32-18-11-13-20-36(32)41(37)30-16-9-7-10-17-30/h7,9-14,16-28H,5-6,8,15H2,1-4H3/t28-/m1/s1. The molecule has 7 rings (SSSR count). The highest BCUT2D eigenvalue weighted by molar-refractivity contribution is 6.10. The summed E-state index contributed by atoms with van der Waals surface area (Å²) in [5.74, 6) is 0.559. The Kier molecular flexibility index (Phi) is 6.66. The highest BCUT2D eigenvalue weighted by Crippen LogP contribution is 2.53. The van der Waals surface area contributed by atoms with E-state index in [-0.39, 0.29) is 5.41 Å². The summed E-state index contributed by atoms with van der Waals surface area (Å²) in [6.45, 7) is 9.47. The van der Waals surface area contributed by atoms with E-state index in [0.29, 0.717) is 5.92 Å². The van der Waals surface area contributed by atoms with Gasteiger partial charge in [0.25, 0.3) is 0 Å². The van der Waals surface area contributed by atoms with Gasteiger partial charge in [-0.05, 0) is 77.6 Å². The molecular weight excluding hydrogens is 508 g/mol. The van der Waals surface area contributed by atoms with E-state index < -0.39 is 0 Å². The highest BCUT2D eigenvalue weighted by atomic mass is 15.2. The summed E-state index contributed by atoms with van der Waals surface area (Å²) in [5, 5.41) is 2.55. The van der Waals surface area contributed by atoms with E-state index in [4.69, 9.17) is 0 Å². The van der Waals surface area contributed by atoms with Crippen LogP contribution in [0.2, 0.25) is 0 Å². The third kappa shape index (κ3) is 4.24. The van der Waals surface area contributed by atoms with Crippen LogP contribution < -0.4 is 4.90 Å². The zero-order valence-electron chi connectivity index (χ0n) is 25.3. The van der Waals surface area contributed by atoms with Crippen molar-refractivity contribution in [3.63, 3.8) is 0 Å². The third-order valence-electron chi connectivity index (χ3n) is 9.49. The molecule has 42 heavy (non-hydrogen) atoms. The van der Waals surface area contributed by atoms with Crippen molar-refractivity contribution >= 4 is 38.9 Å². The number of hydrogen-bond acceptors (Lipinski definition) is 1. The zero-order valence-corrected chi connectivity index (χ0v) is 25.3. The molecule has 0 spiro atoms. The Morgan fingerprint density at radius 3 is 2.17 bits per heavy atom. The zero-order chi connectivity index (χ0) is 28.8. The van der Waals surface area contributed by atoms with Crippen LogP contribution in [0.5, 0.6) is 0 Å². The Hall–Kier alpha value is -4.30. The van der Waals surface area contributed by atoms with Gasteiger partial charge in [-0.2, -0.15) is 0 Å². The number of rotatable bonds is 7. The van der Waals surface area contributed by atoms with Crippen LogP contribution in [0.4, 0.5) is 17.1 Å². The van der Waals surface area contributed by atoms with Gasteiger partial charge in [0.1, 0.15) is 0 Å². The van der Waals surface area contributed by atoms with Crippen LogP contribution in [-0.2, 0) is 5.41 Å². The van der Waals surface area contributed by atoms with E-state index in [1.807, 2.05) is 0 Å². The van der Waals surface area contributed by atoms with Crippen LogP contribution >= 0.6 is 0 Å². The molecule has 0 unspecified atom stereocenters. The van der Waals surface area contributed by atoms with E-state index in [9.17, 15) is 0 Å². The van der Waals surface area contributed by atoms with Gasteiger partial charge < -0.3 is 9.47 Å². The fraction of sp³-hybridized carbons (Fsp3) is 0.250. The molecule has 0 amide bonds. The van der Waals surface area contributed by atoms with Crippen LogP contribution in [-0.4, -0.2) is 4.57 Å². The molecule has 2 nitrogen and oxygen atoms in total. The number of anilines is 3. The van der Waals surface area contributed by atoms with Gasteiger partial charge in [-0.1, -0.05) is 114 Å². The number of hydrogen-bond donors (Lipinski definition) is 0. The van der Waals surface area contributed by atoms with Crippen molar-refractivity contribution in [3.05, 3.63) is 132 Å². The Morgan fingerprint density at radius 1 is 0.619 bits per heavy atom. The first-order valence-corrected chi connectivity index (χ1v) is 15.6. The topological polar surface area (TPSA) is 8.17 Å². The van der Waals surface area contributed by atoms with Crippen molar-refractivity contribution in [2.24, 2.45) is 0 Å². The van der Waals surface area contributed by atoms with Gasteiger partial charge in [0.2, 0.25) is 0 Å². The fourth-order valence-corrected chi connectivity index (χ4v) is 7.13. The summed E-state index contributed by atoms with van der Waals surface area (Å²) in [4.78, 5) is 2.50. The molecule has 1 aliphatic rings. The molecule has 5 aromatic carbocycles. The van der Waals surface area contributed by atoms with Crippen LogP contribution in [0.3, 0.4) is 0 Å². The maximum Gasteiger partial charge on any atom is 0.0542 e. The van der Waals surface area contributed by atoms with Crippen LogP contribution in [0.15, 0.2) is 115 Å². The molecule has 0 saturated carbocycles. The van der Waals surface area contributed by atoms with Crippen molar-refractivity contribution in [2.45, 2.75) is 64.7 Å². The van der Waals surface area contributed by atoms with Crippen molar-refractivity contribution in [1.29, 1.82) is 0 Å². The van der Waals surface area contributed by atoms with Gasteiger partial charge in [0.05, 0.1) is 22.4 Å². The van der Waals surface area contributed by atoms with E-state index in [1.165, 1.54) is 86.9 Å². The monoisotopic (exact) mass is 548 g/mol. The number of aromatic nitrogens is 1. The molecule has 0 bridgehead atoms. The summed E-state index contributed by atoms with van der Waals surface area (Å²) in [6.07, 6.45) is 5.12. The molecule has 0 fully saturated rings. The normalized spacial score (nSPS) is 14.6. The molecule has 210 valence electrons. The molecule has 1 atom stereocenters. The quantitative estimate of drug-likeness (QED) is 0.180. The lowest BCUT2D eigenvalue weighted by atomic mass is 9.72. The summed E-state index contributed by atoms with van der Waals surface area (Å²) in [5.41, 5.74) is 11.6. The molecule has 1 aliphatic heterocycles. The molecule has 0 saturated heterocycles. The Morgan fingerprint density at radius 2 is 1.33 bits per heavy atom. The average molecular weight is 549 g/mol. The van der Waals surface area contributed by atoms with E-state index in [0.717, 1.165) is 0 Å². The molecule has 0 radical (unpaired) electrons. The van der Waals surface area contributed by atoms with Gasteiger partial charge in [0.15, 0.2) is 0 Å². The smallest absolute Gasteiger partial charge is 0.0542 e. The maximum absolute atomic E-state index is 2.51. The average Bonchev–Trinajstić information content (AvgIpc) is 3.35. The van der Waals surface area contributed by atoms with Gasteiger partial charge in [-0.3, -0.25) is 0 Å². The minimum Gasteiger partial charge on any atom is -0.310 e. The lowest BCUT2D eigenvalue weighted by molar-refractivity contribution is 0.592. The molecule has 0 aliphatic carbocycles. The largest absolute Gasteiger partial charge is 0.310 e. The number of unbranched alkanes of at least 4 members (excludes halogenated alkanes) is 2. The van der Waals surface area contributed by atoms with Crippen molar-refractivity contribution in [1.82, 2.24) is 4.57 Å². The number of benzene rings is 5. The lowest BCUT2D eigenvalue weighted by Gasteiger charge is -2.42. The first-order chi connectivity index (χ1) is 20.5. The van der Waals surface area contributed by atoms with Gasteiger partial charge >= 0.3 is 0 Å². The van der Waals surface area contributed by atoms with Crippen molar-refractivity contribution in [2.75, 3.05) is 4.90 Å². The summed E-state index contributed by atoms with van der Waals surface area (Å²) in [6, 6.07) is 42.8. The number of fused-ring (bicyclic) bond motifs is 5. The molecule has 2 heteroatoms. The second-order valence-electron chi connectivity index (χ2n) is 12.5. The van der Waals surface area contributed by atoms with Crippen LogP contribution in [0.1, 0.15) is 76.0 Å². The predicted octanol–water partition coefficient (Wildman–Crippen LogP) is 11.6. The summed E-state index contributed by atoms with van der Waals surface area (Å²) in [7, 11) is 0. The molecule has 1 aromatic heterocycles. The van der Waals surface area contributed by atoms with Crippen molar-refractivity contribution < 1.29 is 0 Å². The van der Waals surface area contributed by atoms with Gasteiger partial charge in [-0.25, -0.2) is 0 Å². The molecular formula is C40H40N2. The third-order valence-corrected chi connectivity index (χ3v) is 9.49. The van der Waals surface area contributed by atoms with Crippen molar-refractivity contribution in [3.8, 4) is 5.69 Å². The first-order valence-electron chi connectivity index (χ1n) is 15.6. The Labute approximate surface area is 250 Å². The Bertz CT molecular complexity index is 1890. The van der Waals surface area contributed by atoms with E-state index in [1.54, 1.807) is 0 Å². The van der Waals surface area contributed by atoms with E-state index in [2.05, 4.69) is 152 Å². The first kappa shape index (κ1) is 26.6. The summed E-state index contributed by atoms with van der Waals surface area (Å²) >= 11 is 0. The highest BCUT2D eigenvalue weighted by Gasteiger charge is 2.37. The lowest BCUT2D eigenvalue weighted by Crippen LogP contribution is -2.30. The summed E-state index contributed by atoms with van der Waals surface area (Å²) < 4.78 is 2.39. The second kappa shape index (κ2) is 10.5.